The lowest BCUT2D eigenvalue weighted by molar-refractivity contribution is -0.177. The van der Waals surface area contributed by atoms with E-state index in [0.717, 1.165) is 0 Å². The molecule has 3 heteroatoms. The monoisotopic (exact) mass is 142 g/mol. The molecule has 0 aromatic carbocycles. The summed E-state index contributed by atoms with van der Waals surface area (Å²) in [4.78, 5) is 0. The van der Waals surface area contributed by atoms with Crippen molar-refractivity contribution in [2.24, 2.45) is 0 Å². The molecule has 0 amide bonds. The second-order valence-electron chi connectivity index (χ2n) is 2.93. The molecule has 3 nitrogen and oxygen atoms in total. The molecule has 2 atom stereocenters. The van der Waals surface area contributed by atoms with Crippen LogP contribution in [0.3, 0.4) is 0 Å². The Morgan fingerprint density at radius 3 is 2.80 bits per heavy atom. The van der Waals surface area contributed by atoms with Crippen LogP contribution in [-0.4, -0.2) is 18.2 Å². The molecule has 10 heavy (non-hydrogen) atoms. The van der Waals surface area contributed by atoms with Crippen LogP contribution in [0.2, 0.25) is 0 Å². The average Bonchev–Trinajstić information content (AvgIpc) is 2.20. The van der Waals surface area contributed by atoms with Crippen molar-refractivity contribution in [3.05, 3.63) is 12.3 Å². The second kappa shape index (κ2) is 1.74. The molecule has 0 aromatic rings. The summed E-state index contributed by atoms with van der Waals surface area (Å²) >= 11 is 0. The highest BCUT2D eigenvalue weighted by molar-refractivity contribution is 4.97. The van der Waals surface area contributed by atoms with Crippen LogP contribution in [0.1, 0.15) is 13.8 Å². The third kappa shape index (κ3) is 0.822. The van der Waals surface area contributed by atoms with Crippen LogP contribution in [0.5, 0.6) is 0 Å². The van der Waals surface area contributed by atoms with E-state index in [0.29, 0.717) is 0 Å². The second-order valence-corrected chi connectivity index (χ2v) is 2.93. The van der Waals surface area contributed by atoms with E-state index in [-0.39, 0.29) is 12.4 Å². The molecule has 2 rings (SSSR count). The number of fused-ring (bicyclic) bond motifs is 1. The van der Waals surface area contributed by atoms with Gasteiger partial charge in [-0.1, -0.05) is 0 Å². The number of hydrogen-bond acceptors (Lipinski definition) is 3. The van der Waals surface area contributed by atoms with Crippen molar-refractivity contribution in [1.82, 2.24) is 0 Å². The smallest absolute Gasteiger partial charge is 0.231 e. The lowest BCUT2D eigenvalue weighted by Crippen LogP contribution is -2.21. The van der Waals surface area contributed by atoms with Crippen LogP contribution < -0.4 is 0 Å². The minimum absolute atomic E-state index is 0.00463. The average molecular weight is 142 g/mol. The van der Waals surface area contributed by atoms with Crippen molar-refractivity contribution < 1.29 is 14.2 Å². The van der Waals surface area contributed by atoms with Gasteiger partial charge in [-0.3, -0.25) is 0 Å². The summed E-state index contributed by atoms with van der Waals surface area (Å²) in [5.41, 5.74) is 0. The Kier molecular flexibility index (Phi) is 1.08. The van der Waals surface area contributed by atoms with Crippen molar-refractivity contribution in [1.29, 1.82) is 0 Å². The molecule has 2 heterocycles. The normalized spacial score (nSPS) is 41.4. The first-order valence-electron chi connectivity index (χ1n) is 3.35. The van der Waals surface area contributed by atoms with E-state index in [1.807, 2.05) is 19.9 Å². The molecule has 0 N–H and O–H groups in total. The number of ether oxygens (including phenoxy) is 3. The van der Waals surface area contributed by atoms with Crippen molar-refractivity contribution in [2.45, 2.75) is 32.0 Å². The quantitative estimate of drug-likeness (QED) is 0.505. The van der Waals surface area contributed by atoms with E-state index in [9.17, 15) is 0 Å². The van der Waals surface area contributed by atoms with Gasteiger partial charge >= 0.3 is 0 Å². The van der Waals surface area contributed by atoms with E-state index in [2.05, 4.69) is 0 Å². The highest BCUT2D eigenvalue weighted by atomic mass is 16.8. The minimum Gasteiger partial charge on any atom is -0.469 e. The minimum atomic E-state index is -0.486. The molecule has 56 valence electrons. The van der Waals surface area contributed by atoms with Gasteiger partial charge in [-0.25, -0.2) is 0 Å². The van der Waals surface area contributed by atoms with E-state index in [1.54, 1.807) is 6.26 Å². The first-order valence-corrected chi connectivity index (χ1v) is 3.35. The topological polar surface area (TPSA) is 27.7 Å². The summed E-state index contributed by atoms with van der Waals surface area (Å²) in [6.07, 6.45) is 3.26. The third-order valence-electron chi connectivity index (χ3n) is 1.57. The van der Waals surface area contributed by atoms with Crippen LogP contribution in [0, 0.1) is 0 Å². The molecule has 1 fully saturated rings. The Bertz CT molecular complexity index is 174. The van der Waals surface area contributed by atoms with E-state index in [1.165, 1.54) is 0 Å². The van der Waals surface area contributed by atoms with Gasteiger partial charge in [0, 0.05) is 0 Å². The lowest BCUT2D eigenvalue weighted by Gasteiger charge is -2.16. The molecular weight excluding hydrogens is 132 g/mol. The maximum atomic E-state index is 5.44. The van der Waals surface area contributed by atoms with Crippen LogP contribution >= 0.6 is 0 Å². The van der Waals surface area contributed by atoms with Gasteiger partial charge in [0.2, 0.25) is 6.29 Å². The predicted molar refractivity (Wildman–Crippen MR) is 34.0 cm³/mol. The fourth-order valence-electron chi connectivity index (χ4n) is 1.19. The molecule has 1 saturated heterocycles. The Labute approximate surface area is 59.6 Å². The molecule has 2 aliphatic rings. The molecule has 0 saturated carbocycles. The Morgan fingerprint density at radius 2 is 2.10 bits per heavy atom. The summed E-state index contributed by atoms with van der Waals surface area (Å²) in [5, 5.41) is 0. The molecule has 2 aliphatic heterocycles. The van der Waals surface area contributed by atoms with Gasteiger partial charge < -0.3 is 14.2 Å². The Hall–Kier alpha value is -0.540. The van der Waals surface area contributed by atoms with Crippen molar-refractivity contribution in [3.63, 3.8) is 0 Å². The summed E-state index contributed by atoms with van der Waals surface area (Å²) in [5.74, 6) is -0.486. The molecular formula is C7H10O3. The molecule has 0 bridgehead atoms. The maximum absolute atomic E-state index is 5.44. The van der Waals surface area contributed by atoms with E-state index in [4.69, 9.17) is 14.2 Å². The maximum Gasteiger partial charge on any atom is 0.231 e. The first kappa shape index (κ1) is 6.19. The zero-order chi connectivity index (χ0) is 7.19. The van der Waals surface area contributed by atoms with Crippen molar-refractivity contribution in [2.75, 3.05) is 0 Å². The summed E-state index contributed by atoms with van der Waals surface area (Å²) in [7, 11) is 0. The van der Waals surface area contributed by atoms with Gasteiger partial charge in [0.1, 0.15) is 6.10 Å². The standard InChI is InChI=1S/C7H10O3/c1-7(2)9-5-3-4-8-6(5)10-7/h3-6H,1-2H3/t5-,6-/m1/s1. The Morgan fingerprint density at radius 1 is 1.30 bits per heavy atom. The predicted octanol–water partition coefficient (Wildman–Crippen LogP) is 1.01. The molecule has 0 spiro atoms. The SMILES string of the molecule is CC1(C)O[C@H]2OC=C[C@H]2O1. The van der Waals surface area contributed by atoms with Crippen LogP contribution in [0.4, 0.5) is 0 Å². The Balaban J connectivity index is 2.13. The summed E-state index contributed by atoms with van der Waals surface area (Å²) in [6, 6.07) is 0. The van der Waals surface area contributed by atoms with Crippen molar-refractivity contribution >= 4 is 0 Å². The zero-order valence-corrected chi connectivity index (χ0v) is 6.03. The highest BCUT2D eigenvalue weighted by Crippen LogP contribution is 2.32. The van der Waals surface area contributed by atoms with Gasteiger partial charge in [0.05, 0.1) is 6.26 Å². The lowest BCUT2D eigenvalue weighted by atomic mass is 10.4. The molecule has 0 unspecified atom stereocenters. The zero-order valence-electron chi connectivity index (χ0n) is 6.03. The van der Waals surface area contributed by atoms with Crippen LogP contribution in [-0.2, 0) is 14.2 Å². The van der Waals surface area contributed by atoms with Crippen molar-refractivity contribution in [3.8, 4) is 0 Å². The van der Waals surface area contributed by atoms with Crippen LogP contribution in [0.15, 0.2) is 12.3 Å². The molecule has 0 aliphatic carbocycles. The van der Waals surface area contributed by atoms with Gasteiger partial charge in [-0.2, -0.15) is 0 Å². The third-order valence-corrected chi connectivity index (χ3v) is 1.57. The van der Waals surface area contributed by atoms with Gasteiger partial charge in [0.15, 0.2) is 5.79 Å². The van der Waals surface area contributed by atoms with Gasteiger partial charge in [0.25, 0.3) is 0 Å². The molecule has 0 aromatic heterocycles. The number of rotatable bonds is 0. The van der Waals surface area contributed by atoms with E-state index < -0.39 is 5.79 Å². The van der Waals surface area contributed by atoms with Gasteiger partial charge in [-0.05, 0) is 19.9 Å². The molecule has 0 radical (unpaired) electrons. The first-order chi connectivity index (χ1) is 4.67. The van der Waals surface area contributed by atoms with Gasteiger partial charge in [-0.15, -0.1) is 0 Å². The van der Waals surface area contributed by atoms with Crippen LogP contribution in [0.25, 0.3) is 0 Å². The number of hydrogen-bond donors (Lipinski definition) is 0. The fourth-order valence-corrected chi connectivity index (χ4v) is 1.19. The summed E-state index contributed by atoms with van der Waals surface area (Å²) in [6.45, 7) is 3.76. The fraction of sp³-hybridized carbons (Fsp3) is 0.714. The summed E-state index contributed by atoms with van der Waals surface area (Å²) < 4.78 is 15.9. The highest BCUT2D eigenvalue weighted by Gasteiger charge is 2.43. The largest absolute Gasteiger partial charge is 0.469 e. The van der Waals surface area contributed by atoms with E-state index >= 15 is 0 Å².